The Hall–Kier alpha value is -4.07. The van der Waals surface area contributed by atoms with Gasteiger partial charge in [0.2, 0.25) is 5.91 Å². The molecule has 0 unspecified atom stereocenters. The Kier molecular flexibility index (Phi) is 19.4. The van der Waals surface area contributed by atoms with Gasteiger partial charge >= 0.3 is 17.9 Å². The molecule has 0 spiro atoms. The van der Waals surface area contributed by atoms with Crippen molar-refractivity contribution in [3.63, 3.8) is 0 Å². The molecule has 0 saturated carbocycles. The van der Waals surface area contributed by atoms with Crippen LogP contribution in [-0.2, 0) is 33.4 Å². The van der Waals surface area contributed by atoms with Crippen LogP contribution in [0, 0.1) is 12.3 Å². The van der Waals surface area contributed by atoms with E-state index in [1.807, 2.05) is 20.8 Å². The number of likely N-dealkylation sites (N-methyl/N-ethyl adjacent to an activating group) is 1. The van der Waals surface area contributed by atoms with E-state index in [-0.39, 0.29) is 38.9 Å². The van der Waals surface area contributed by atoms with E-state index in [2.05, 4.69) is 16.6 Å². The summed E-state index contributed by atoms with van der Waals surface area (Å²) in [7, 11) is 1.46. The van der Waals surface area contributed by atoms with E-state index in [1.165, 1.54) is 11.9 Å². The first kappa shape index (κ1) is 38.0. The number of terminal acetylenes is 1. The van der Waals surface area contributed by atoms with Crippen LogP contribution in [-0.4, -0.2) is 80.1 Å². The van der Waals surface area contributed by atoms with E-state index < -0.39 is 41.8 Å². The number of amides is 2. The Labute approximate surface area is 261 Å². The third-order valence-electron chi connectivity index (χ3n) is 6.78. The second-order valence-electron chi connectivity index (χ2n) is 10.4. The number of nitrogens with zero attached hydrogens (tertiary/aromatic N) is 1. The maximum Gasteiger partial charge on any atom is 0.328 e. The normalized spacial score (nSPS) is 11.8. The molecule has 244 valence electrons. The number of nitrogens with one attached hydrogen (secondary N) is 2. The van der Waals surface area contributed by atoms with Crippen molar-refractivity contribution in [3.8, 4) is 12.3 Å². The summed E-state index contributed by atoms with van der Waals surface area (Å²) in [4.78, 5) is 65.5. The van der Waals surface area contributed by atoms with Crippen molar-refractivity contribution in [2.24, 2.45) is 0 Å². The van der Waals surface area contributed by atoms with Gasteiger partial charge in [0.1, 0.15) is 12.1 Å². The van der Waals surface area contributed by atoms with Crippen LogP contribution in [0.25, 0.3) is 0 Å². The Bertz CT molecular complexity index is 1080. The molecule has 1 rings (SSSR count). The summed E-state index contributed by atoms with van der Waals surface area (Å²) in [5, 5.41) is 5.68. The Balaban J connectivity index is 2.96. The number of esters is 3. The molecule has 0 bridgehead atoms. The van der Waals surface area contributed by atoms with Crippen LogP contribution in [0.1, 0.15) is 95.3 Å². The van der Waals surface area contributed by atoms with Gasteiger partial charge in [0, 0.05) is 31.1 Å². The average Bonchev–Trinajstić information content (AvgIpc) is 3.02. The molecule has 1 aromatic carbocycles. The molecular weight excluding hydrogens is 566 g/mol. The van der Waals surface area contributed by atoms with Gasteiger partial charge in [-0.05, 0) is 56.4 Å². The van der Waals surface area contributed by atoms with E-state index >= 15 is 0 Å². The molecule has 0 aliphatic rings. The van der Waals surface area contributed by atoms with Crippen LogP contribution in [0.15, 0.2) is 24.3 Å². The third kappa shape index (κ3) is 14.9. The lowest BCUT2D eigenvalue weighted by Crippen LogP contribution is -2.46. The van der Waals surface area contributed by atoms with Crippen LogP contribution in [0.5, 0.6) is 0 Å². The fourth-order valence-electron chi connectivity index (χ4n) is 3.96. The molecule has 0 aliphatic heterocycles. The zero-order chi connectivity index (χ0) is 32.7. The highest BCUT2D eigenvalue weighted by Gasteiger charge is 2.31. The topological polar surface area (TPSA) is 140 Å². The molecule has 2 atom stereocenters. The molecule has 1 aromatic rings. The summed E-state index contributed by atoms with van der Waals surface area (Å²) < 4.78 is 15.9. The number of anilines is 1. The van der Waals surface area contributed by atoms with Crippen molar-refractivity contribution in [2.75, 3.05) is 38.7 Å². The predicted octanol–water partition coefficient (Wildman–Crippen LogP) is 4.25. The Morgan fingerprint density at radius 3 is 1.95 bits per heavy atom. The number of unbranched alkanes of at least 4 members (excludes halogenated alkanes) is 3. The summed E-state index contributed by atoms with van der Waals surface area (Å²) in [6.45, 7) is 6.92. The summed E-state index contributed by atoms with van der Waals surface area (Å²) >= 11 is 0. The van der Waals surface area contributed by atoms with Gasteiger partial charge in [0.15, 0.2) is 0 Å². The van der Waals surface area contributed by atoms with Crippen LogP contribution >= 0.6 is 0 Å². The van der Waals surface area contributed by atoms with Gasteiger partial charge in [0.05, 0.1) is 26.4 Å². The van der Waals surface area contributed by atoms with Crippen molar-refractivity contribution in [3.05, 3.63) is 29.8 Å². The molecule has 2 amide bonds. The second-order valence-corrected chi connectivity index (χ2v) is 10.4. The van der Waals surface area contributed by atoms with E-state index in [4.69, 9.17) is 20.6 Å². The predicted molar refractivity (Wildman–Crippen MR) is 168 cm³/mol. The highest BCUT2D eigenvalue weighted by atomic mass is 16.5. The van der Waals surface area contributed by atoms with Gasteiger partial charge in [0.25, 0.3) is 5.91 Å². The minimum Gasteiger partial charge on any atom is -0.466 e. The summed E-state index contributed by atoms with van der Waals surface area (Å²) in [5.41, 5.74) is 1.05. The zero-order valence-corrected chi connectivity index (χ0v) is 26.7. The molecular formula is C33H49N3O8. The number of hydrogen-bond donors (Lipinski definition) is 2. The number of hydrogen-bond acceptors (Lipinski definition) is 9. The SMILES string of the molecule is C#CCNc1ccc(C(=O)N[C@@H](CCC(=O)N(C)[C@H](CCC(=O)OCCCC)C(=O)OCCCC)C(=O)OCCCC)cc1. The average molecular weight is 616 g/mol. The van der Waals surface area contributed by atoms with Crippen LogP contribution in [0.2, 0.25) is 0 Å². The van der Waals surface area contributed by atoms with Gasteiger partial charge < -0.3 is 29.7 Å². The summed E-state index contributed by atoms with van der Waals surface area (Å²) in [5.74, 6) is -0.210. The zero-order valence-electron chi connectivity index (χ0n) is 26.7. The molecule has 44 heavy (non-hydrogen) atoms. The second kappa shape index (κ2) is 22.5. The minimum absolute atomic E-state index is 0.0313. The quantitative estimate of drug-likeness (QED) is 0.0848. The summed E-state index contributed by atoms with van der Waals surface area (Å²) in [6, 6.07) is 4.46. The van der Waals surface area contributed by atoms with Gasteiger partial charge in [-0.3, -0.25) is 14.4 Å². The van der Waals surface area contributed by atoms with Gasteiger partial charge in [-0.25, -0.2) is 9.59 Å². The first-order valence-corrected chi connectivity index (χ1v) is 15.5. The number of carbonyl (C=O) groups excluding carboxylic acids is 5. The van der Waals surface area contributed by atoms with Crippen molar-refractivity contribution < 1.29 is 38.2 Å². The fourth-order valence-corrected chi connectivity index (χ4v) is 3.96. The van der Waals surface area contributed by atoms with Gasteiger partial charge in [-0.2, -0.15) is 0 Å². The lowest BCUT2D eigenvalue weighted by atomic mass is 10.1. The molecule has 0 heterocycles. The van der Waals surface area contributed by atoms with E-state index in [1.54, 1.807) is 24.3 Å². The number of benzene rings is 1. The summed E-state index contributed by atoms with van der Waals surface area (Å²) in [6.07, 6.45) is 9.58. The molecule has 0 aromatic heterocycles. The van der Waals surface area contributed by atoms with E-state index in [9.17, 15) is 24.0 Å². The lowest BCUT2D eigenvalue weighted by Gasteiger charge is -2.27. The van der Waals surface area contributed by atoms with Crippen LogP contribution in [0.4, 0.5) is 5.69 Å². The molecule has 0 saturated heterocycles. The number of rotatable bonds is 22. The van der Waals surface area contributed by atoms with E-state index in [0.29, 0.717) is 31.6 Å². The van der Waals surface area contributed by atoms with Gasteiger partial charge in [-0.1, -0.05) is 46.0 Å². The molecule has 0 fully saturated rings. The Morgan fingerprint density at radius 2 is 1.39 bits per heavy atom. The van der Waals surface area contributed by atoms with Crippen molar-refractivity contribution in [1.29, 1.82) is 0 Å². The van der Waals surface area contributed by atoms with Crippen molar-refractivity contribution >= 4 is 35.4 Å². The fraction of sp³-hybridized carbons (Fsp3) is 0.606. The van der Waals surface area contributed by atoms with Crippen LogP contribution < -0.4 is 10.6 Å². The van der Waals surface area contributed by atoms with Crippen LogP contribution in [0.3, 0.4) is 0 Å². The molecule has 0 aliphatic carbocycles. The highest BCUT2D eigenvalue weighted by molar-refractivity contribution is 5.97. The molecule has 2 N–H and O–H groups in total. The lowest BCUT2D eigenvalue weighted by molar-refractivity contribution is -0.156. The largest absolute Gasteiger partial charge is 0.466 e. The third-order valence-corrected chi connectivity index (χ3v) is 6.78. The van der Waals surface area contributed by atoms with Gasteiger partial charge in [-0.15, -0.1) is 6.42 Å². The highest BCUT2D eigenvalue weighted by Crippen LogP contribution is 2.14. The van der Waals surface area contributed by atoms with Crippen molar-refractivity contribution in [2.45, 2.75) is 97.1 Å². The van der Waals surface area contributed by atoms with Crippen molar-refractivity contribution in [1.82, 2.24) is 10.2 Å². The smallest absolute Gasteiger partial charge is 0.328 e. The molecule has 11 heteroatoms. The number of carbonyl (C=O) groups is 5. The standard InChI is InChI=1S/C33H49N3O8/c1-6-10-22-42-30(38)20-18-28(33(41)44-24-12-8-3)36(5)29(37)19-17-27(32(40)43-23-11-7-2)35-31(39)25-13-15-26(16-14-25)34-21-9-4/h4,13-16,27-28,34H,6-8,10-12,17-24H2,1-3,5H3,(H,35,39)/t27-,28+/m0/s1. The number of ether oxygens (including phenoxy) is 3. The molecule has 0 radical (unpaired) electrons. The Morgan fingerprint density at radius 1 is 0.818 bits per heavy atom. The van der Waals surface area contributed by atoms with E-state index in [0.717, 1.165) is 31.4 Å². The first-order chi connectivity index (χ1) is 21.2. The molecule has 11 nitrogen and oxygen atoms in total. The minimum atomic E-state index is -1.10. The maximum atomic E-state index is 13.3. The maximum absolute atomic E-state index is 13.3. The first-order valence-electron chi connectivity index (χ1n) is 15.5. The monoisotopic (exact) mass is 615 g/mol.